The first kappa shape index (κ1) is 10.7. The molecule has 0 fully saturated rings. The summed E-state index contributed by atoms with van der Waals surface area (Å²) in [7, 11) is 0. The third-order valence-electron chi connectivity index (χ3n) is 2.46. The minimum Gasteiger partial charge on any atom is -0.488 e. The van der Waals surface area contributed by atoms with Gasteiger partial charge in [0.15, 0.2) is 0 Å². The van der Waals surface area contributed by atoms with Gasteiger partial charge >= 0.3 is 0 Å². The van der Waals surface area contributed by atoms with Crippen molar-refractivity contribution in [2.24, 2.45) is 0 Å². The minimum absolute atomic E-state index is 0.0312. The highest BCUT2D eigenvalue weighted by Gasteiger charge is 2.15. The number of carbonyl (C=O) groups is 1. The van der Waals surface area contributed by atoms with Crippen molar-refractivity contribution in [3.8, 4) is 5.75 Å². The van der Waals surface area contributed by atoms with Crippen LogP contribution in [-0.2, 0) is 4.79 Å². The average molecular weight is 217 g/mol. The van der Waals surface area contributed by atoms with E-state index in [2.05, 4.69) is 5.32 Å². The lowest BCUT2D eigenvalue weighted by Gasteiger charge is -2.17. The maximum atomic E-state index is 11.7. The van der Waals surface area contributed by atoms with Crippen LogP contribution in [0, 0.1) is 0 Å². The van der Waals surface area contributed by atoms with Crippen molar-refractivity contribution in [1.29, 1.82) is 0 Å². The first-order chi connectivity index (χ1) is 7.81. The number of rotatable bonds is 3. The first-order valence-corrected chi connectivity index (χ1v) is 5.52. The Bertz CT molecular complexity index is 424. The zero-order valence-corrected chi connectivity index (χ0v) is 9.32. The minimum atomic E-state index is -0.0312. The number of para-hydroxylation sites is 1. The topological polar surface area (TPSA) is 38.3 Å². The standard InChI is InChI=1S/C13H15NO2/c1-2-7-14-13(15)11-8-10-5-3-4-6-12(10)16-9-11/h3-6,8H,2,7,9H2,1H3,(H,14,15). The predicted octanol–water partition coefficient (Wildman–Crippen LogP) is 1.99. The van der Waals surface area contributed by atoms with Crippen molar-refractivity contribution in [3.63, 3.8) is 0 Å². The van der Waals surface area contributed by atoms with Crippen LogP contribution >= 0.6 is 0 Å². The van der Waals surface area contributed by atoms with Crippen LogP contribution < -0.4 is 10.1 Å². The van der Waals surface area contributed by atoms with Gasteiger partial charge in [-0.05, 0) is 18.6 Å². The molecule has 0 radical (unpaired) electrons. The lowest BCUT2D eigenvalue weighted by atomic mass is 10.1. The highest BCUT2D eigenvalue weighted by Crippen LogP contribution is 2.25. The van der Waals surface area contributed by atoms with Gasteiger partial charge < -0.3 is 10.1 Å². The first-order valence-electron chi connectivity index (χ1n) is 5.52. The summed E-state index contributed by atoms with van der Waals surface area (Å²) in [4.78, 5) is 11.7. The molecule has 2 rings (SSSR count). The summed E-state index contributed by atoms with van der Waals surface area (Å²) < 4.78 is 5.51. The number of hydrogen-bond acceptors (Lipinski definition) is 2. The second-order valence-electron chi connectivity index (χ2n) is 3.75. The van der Waals surface area contributed by atoms with Crippen molar-refractivity contribution in [2.75, 3.05) is 13.2 Å². The molecule has 3 heteroatoms. The van der Waals surface area contributed by atoms with E-state index < -0.39 is 0 Å². The zero-order chi connectivity index (χ0) is 11.4. The molecule has 0 saturated carbocycles. The normalized spacial score (nSPS) is 13.4. The third kappa shape index (κ3) is 2.24. The van der Waals surface area contributed by atoms with E-state index in [9.17, 15) is 4.79 Å². The van der Waals surface area contributed by atoms with Crippen LogP contribution in [0.25, 0.3) is 6.08 Å². The molecule has 0 saturated heterocycles. The Kier molecular flexibility index (Phi) is 3.25. The van der Waals surface area contributed by atoms with Crippen LogP contribution in [0.4, 0.5) is 0 Å². The summed E-state index contributed by atoms with van der Waals surface area (Å²) in [5.74, 6) is 0.811. The molecule has 1 aliphatic rings. The Hall–Kier alpha value is -1.77. The lowest BCUT2D eigenvalue weighted by molar-refractivity contribution is -0.117. The Morgan fingerprint density at radius 2 is 2.25 bits per heavy atom. The summed E-state index contributed by atoms with van der Waals surface area (Å²) in [5.41, 5.74) is 1.66. The monoisotopic (exact) mass is 217 g/mol. The van der Waals surface area contributed by atoms with E-state index >= 15 is 0 Å². The number of carbonyl (C=O) groups excluding carboxylic acids is 1. The molecular weight excluding hydrogens is 202 g/mol. The Labute approximate surface area is 95.1 Å². The van der Waals surface area contributed by atoms with E-state index in [1.165, 1.54) is 0 Å². The highest BCUT2D eigenvalue weighted by atomic mass is 16.5. The van der Waals surface area contributed by atoms with Gasteiger partial charge in [-0.25, -0.2) is 0 Å². The maximum absolute atomic E-state index is 11.7. The van der Waals surface area contributed by atoms with Gasteiger partial charge in [-0.2, -0.15) is 0 Å². The molecule has 16 heavy (non-hydrogen) atoms. The fourth-order valence-corrected chi connectivity index (χ4v) is 1.60. The Balaban J connectivity index is 2.14. The Morgan fingerprint density at radius 1 is 1.44 bits per heavy atom. The van der Waals surface area contributed by atoms with Crippen molar-refractivity contribution < 1.29 is 9.53 Å². The number of fused-ring (bicyclic) bond motifs is 1. The molecule has 84 valence electrons. The van der Waals surface area contributed by atoms with Gasteiger partial charge in [0, 0.05) is 12.1 Å². The smallest absolute Gasteiger partial charge is 0.250 e. The van der Waals surface area contributed by atoms with Crippen LogP contribution in [-0.4, -0.2) is 19.1 Å². The summed E-state index contributed by atoms with van der Waals surface area (Å²) in [6.07, 6.45) is 2.83. The number of hydrogen-bond donors (Lipinski definition) is 1. The van der Waals surface area contributed by atoms with E-state index in [1.54, 1.807) is 0 Å². The largest absolute Gasteiger partial charge is 0.488 e. The van der Waals surface area contributed by atoms with E-state index in [-0.39, 0.29) is 5.91 Å². The molecule has 1 N–H and O–H groups in total. The SMILES string of the molecule is CCCNC(=O)C1=Cc2ccccc2OC1. The molecule has 0 aliphatic carbocycles. The second-order valence-corrected chi connectivity index (χ2v) is 3.75. The van der Waals surface area contributed by atoms with Crippen molar-refractivity contribution in [3.05, 3.63) is 35.4 Å². The molecule has 0 unspecified atom stereocenters. The second kappa shape index (κ2) is 4.84. The average Bonchev–Trinajstić information content (AvgIpc) is 2.35. The van der Waals surface area contributed by atoms with Crippen LogP contribution in [0.15, 0.2) is 29.8 Å². The summed E-state index contributed by atoms with van der Waals surface area (Å²) in [6.45, 7) is 3.09. The van der Waals surface area contributed by atoms with Crippen molar-refractivity contribution in [1.82, 2.24) is 5.32 Å². The number of nitrogens with one attached hydrogen (secondary N) is 1. The molecule has 3 nitrogen and oxygen atoms in total. The van der Waals surface area contributed by atoms with Gasteiger partial charge in [0.2, 0.25) is 0 Å². The number of amides is 1. The summed E-state index contributed by atoms with van der Waals surface area (Å²) in [5, 5.41) is 2.85. The van der Waals surface area contributed by atoms with E-state index in [0.29, 0.717) is 18.7 Å². The van der Waals surface area contributed by atoms with Crippen LogP contribution in [0.2, 0.25) is 0 Å². The Morgan fingerprint density at radius 3 is 3.06 bits per heavy atom. The van der Waals surface area contributed by atoms with Gasteiger partial charge in [0.05, 0.1) is 5.57 Å². The van der Waals surface area contributed by atoms with Gasteiger partial charge in [-0.15, -0.1) is 0 Å². The van der Waals surface area contributed by atoms with Gasteiger partial charge in [0.1, 0.15) is 12.4 Å². The quantitative estimate of drug-likeness (QED) is 0.840. The van der Waals surface area contributed by atoms with Crippen molar-refractivity contribution in [2.45, 2.75) is 13.3 Å². The number of benzene rings is 1. The molecular formula is C13H15NO2. The van der Waals surface area contributed by atoms with Crippen LogP contribution in [0.5, 0.6) is 5.75 Å². The molecule has 0 aromatic heterocycles. The molecule has 0 bridgehead atoms. The fourth-order valence-electron chi connectivity index (χ4n) is 1.60. The predicted molar refractivity (Wildman–Crippen MR) is 63.2 cm³/mol. The van der Waals surface area contributed by atoms with E-state index in [4.69, 9.17) is 4.74 Å². The van der Waals surface area contributed by atoms with Crippen LogP contribution in [0.3, 0.4) is 0 Å². The molecule has 1 heterocycles. The third-order valence-corrected chi connectivity index (χ3v) is 2.46. The molecule has 0 spiro atoms. The molecule has 1 aromatic carbocycles. The molecule has 0 atom stereocenters. The van der Waals surface area contributed by atoms with Gasteiger partial charge in [-0.3, -0.25) is 4.79 Å². The maximum Gasteiger partial charge on any atom is 0.250 e. The van der Waals surface area contributed by atoms with Crippen molar-refractivity contribution >= 4 is 12.0 Å². The number of ether oxygens (including phenoxy) is 1. The summed E-state index contributed by atoms with van der Waals surface area (Å²) in [6, 6.07) is 7.72. The molecule has 1 aromatic rings. The van der Waals surface area contributed by atoms with Gasteiger partial charge in [-0.1, -0.05) is 25.1 Å². The highest BCUT2D eigenvalue weighted by molar-refractivity contribution is 5.99. The van der Waals surface area contributed by atoms with Crippen LogP contribution in [0.1, 0.15) is 18.9 Å². The van der Waals surface area contributed by atoms with Gasteiger partial charge in [0.25, 0.3) is 5.91 Å². The lowest BCUT2D eigenvalue weighted by Crippen LogP contribution is -2.29. The molecule has 1 amide bonds. The zero-order valence-electron chi connectivity index (χ0n) is 9.32. The summed E-state index contributed by atoms with van der Waals surface area (Å²) >= 11 is 0. The molecule has 1 aliphatic heterocycles. The van der Waals surface area contributed by atoms with E-state index in [1.807, 2.05) is 37.3 Å². The van der Waals surface area contributed by atoms with E-state index in [0.717, 1.165) is 17.7 Å². The fraction of sp³-hybridized carbons (Fsp3) is 0.308.